The molecular weight excluding hydrogens is 195 g/mol. The average molecular weight is 210 g/mol. The highest BCUT2D eigenvalue weighted by Crippen LogP contribution is 2.20. The van der Waals surface area contributed by atoms with Crippen molar-refractivity contribution in [3.8, 4) is 0 Å². The molecule has 1 amide bonds. The van der Waals surface area contributed by atoms with E-state index in [0.29, 0.717) is 17.8 Å². The van der Waals surface area contributed by atoms with Gasteiger partial charge in [0.25, 0.3) is 0 Å². The maximum Gasteiger partial charge on any atom is 0.224 e. The van der Waals surface area contributed by atoms with Gasteiger partial charge in [0.2, 0.25) is 5.91 Å². The summed E-state index contributed by atoms with van der Waals surface area (Å²) in [4.78, 5) is 12.7. The molecule has 4 heteroatoms. The second kappa shape index (κ2) is 4.77. The third kappa shape index (κ3) is 2.94. The van der Waals surface area contributed by atoms with Crippen LogP contribution in [0.15, 0.2) is 18.2 Å². The summed E-state index contributed by atoms with van der Waals surface area (Å²) >= 11 is 0. The van der Waals surface area contributed by atoms with Crippen LogP contribution in [-0.2, 0) is 4.79 Å². The van der Waals surface area contributed by atoms with E-state index in [4.69, 9.17) is 0 Å². The van der Waals surface area contributed by atoms with Gasteiger partial charge in [-0.3, -0.25) is 4.79 Å². The first-order valence-electron chi connectivity index (χ1n) is 4.81. The van der Waals surface area contributed by atoms with E-state index in [0.717, 1.165) is 0 Å². The first-order valence-corrected chi connectivity index (χ1v) is 4.81. The quantitative estimate of drug-likeness (QED) is 0.829. The van der Waals surface area contributed by atoms with Crippen molar-refractivity contribution < 1.29 is 9.18 Å². The van der Waals surface area contributed by atoms with E-state index in [1.807, 2.05) is 0 Å². The Labute approximate surface area is 88.9 Å². The lowest BCUT2D eigenvalue weighted by molar-refractivity contribution is -0.115. The fourth-order valence-electron chi connectivity index (χ4n) is 1.20. The molecule has 0 saturated carbocycles. The zero-order valence-electron chi connectivity index (χ0n) is 9.17. The van der Waals surface area contributed by atoms with E-state index in [2.05, 4.69) is 5.32 Å². The van der Waals surface area contributed by atoms with Crippen LogP contribution in [0.25, 0.3) is 0 Å². The number of benzene rings is 1. The van der Waals surface area contributed by atoms with E-state index < -0.39 is 0 Å². The second-order valence-electron chi connectivity index (χ2n) is 3.46. The molecule has 0 radical (unpaired) electrons. The molecule has 0 fully saturated rings. The van der Waals surface area contributed by atoms with Crippen LogP contribution in [0.5, 0.6) is 0 Å². The van der Waals surface area contributed by atoms with Crippen molar-refractivity contribution in [1.82, 2.24) is 0 Å². The monoisotopic (exact) mass is 210 g/mol. The molecule has 0 aliphatic heterocycles. The van der Waals surface area contributed by atoms with Crippen LogP contribution in [0, 0.1) is 5.82 Å². The molecular formula is C11H15FN2O. The minimum Gasteiger partial charge on any atom is -0.375 e. The summed E-state index contributed by atoms with van der Waals surface area (Å²) in [5.41, 5.74) is 0.995. The zero-order chi connectivity index (χ0) is 11.4. The molecule has 0 spiro atoms. The number of hydrogen-bond donors (Lipinski definition) is 1. The summed E-state index contributed by atoms with van der Waals surface area (Å²) < 4.78 is 13.5. The van der Waals surface area contributed by atoms with E-state index in [-0.39, 0.29) is 11.7 Å². The Morgan fingerprint density at radius 2 is 2.13 bits per heavy atom. The van der Waals surface area contributed by atoms with Gasteiger partial charge in [-0.2, -0.15) is 0 Å². The number of carbonyl (C=O) groups is 1. The van der Waals surface area contributed by atoms with Crippen molar-refractivity contribution in [3.05, 3.63) is 24.0 Å². The Morgan fingerprint density at radius 1 is 1.47 bits per heavy atom. The van der Waals surface area contributed by atoms with E-state index in [1.54, 1.807) is 38.1 Å². The van der Waals surface area contributed by atoms with Gasteiger partial charge >= 0.3 is 0 Å². The predicted octanol–water partition coefficient (Wildman–Crippen LogP) is 2.24. The zero-order valence-corrected chi connectivity index (χ0v) is 9.17. The summed E-state index contributed by atoms with van der Waals surface area (Å²) in [6, 6.07) is 4.65. The lowest BCUT2D eigenvalue weighted by atomic mass is 10.2. The SMILES string of the molecule is CCC(=O)Nc1ccc(N(C)C)c(F)c1. The molecule has 0 aliphatic carbocycles. The third-order valence-corrected chi connectivity index (χ3v) is 2.03. The molecule has 15 heavy (non-hydrogen) atoms. The van der Waals surface area contributed by atoms with Crippen molar-refractivity contribution in [2.75, 3.05) is 24.3 Å². The minimum absolute atomic E-state index is 0.119. The highest BCUT2D eigenvalue weighted by Gasteiger charge is 2.06. The van der Waals surface area contributed by atoms with E-state index >= 15 is 0 Å². The maximum atomic E-state index is 13.5. The van der Waals surface area contributed by atoms with Gasteiger partial charge < -0.3 is 10.2 Å². The Balaban J connectivity index is 2.87. The lowest BCUT2D eigenvalue weighted by Crippen LogP contribution is -2.12. The first kappa shape index (κ1) is 11.5. The molecule has 0 heterocycles. The summed E-state index contributed by atoms with van der Waals surface area (Å²) in [5.74, 6) is -0.457. The normalized spacial score (nSPS) is 9.87. The van der Waals surface area contributed by atoms with Crippen LogP contribution in [0.4, 0.5) is 15.8 Å². The highest BCUT2D eigenvalue weighted by molar-refractivity contribution is 5.90. The molecule has 0 unspecified atom stereocenters. The molecule has 1 N–H and O–H groups in total. The van der Waals surface area contributed by atoms with Crippen molar-refractivity contribution in [2.24, 2.45) is 0 Å². The van der Waals surface area contributed by atoms with Gasteiger partial charge in [-0.25, -0.2) is 4.39 Å². The molecule has 1 aromatic rings. The number of rotatable bonds is 3. The maximum absolute atomic E-state index is 13.5. The van der Waals surface area contributed by atoms with E-state index in [9.17, 15) is 9.18 Å². The average Bonchev–Trinajstić information content (AvgIpc) is 2.17. The summed E-state index contributed by atoms with van der Waals surface area (Å²) in [7, 11) is 3.53. The molecule has 1 aromatic carbocycles. The standard InChI is InChI=1S/C11H15FN2O/c1-4-11(15)13-8-5-6-10(14(2)3)9(12)7-8/h5-7H,4H2,1-3H3,(H,13,15). The van der Waals surface area contributed by atoms with Crippen LogP contribution in [0.2, 0.25) is 0 Å². The fraction of sp³-hybridized carbons (Fsp3) is 0.364. The number of carbonyl (C=O) groups excluding carboxylic acids is 1. The molecule has 0 atom stereocenters. The van der Waals surface area contributed by atoms with Crippen LogP contribution in [-0.4, -0.2) is 20.0 Å². The summed E-state index contributed by atoms with van der Waals surface area (Å²) in [5, 5.41) is 2.60. The van der Waals surface area contributed by atoms with Gasteiger partial charge in [0.15, 0.2) is 0 Å². The van der Waals surface area contributed by atoms with Crippen molar-refractivity contribution in [2.45, 2.75) is 13.3 Å². The minimum atomic E-state index is -0.339. The predicted molar refractivity (Wildman–Crippen MR) is 59.6 cm³/mol. The van der Waals surface area contributed by atoms with Crippen LogP contribution < -0.4 is 10.2 Å². The fourth-order valence-corrected chi connectivity index (χ4v) is 1.20. The number of halogens is 1. The third-order valence-electron chi connectivity index (χ3n) is 2.03. The van der Waals surface area contributed by atoms with Crippen LogP contribution >= 0.6 is 0 Å². The smallest absolute Gasteiger partial charge is 0.224 e. The molecule has 0 saturated heterocycles. The second-order valence-corrected chi connectivity index (χ2v) is 3.46. The van der Waals surface area contributed by atoms with Gasteiger partial charge in [0.05, 0.1) is 5.69 Å². The summed E-state index contributed by atoms with van der Waals surface area (Å²) in [6.45, 7) is 1.75. The number of amides is 1. The van der Waals surface area contributed by atoms with Gasteiger partial charge in [-0.05, 0) is 18.2 Å². The van der Waals surface area contributed by atoms with Gasteiger partial charge in [0.1, 0.15) is 5.82 Å². The highest BCUT2D eigenvalue weighted by atomic mass is 19.1. The molecule has 82 valence electrons. The van der Waals surface area contributed by atoms with Crippen LogP contribution in [0.3, 0.4) is 0 Å². The number of anilines is 2. The number of nitrogens with zero attached hydrogens (tertiary/aromatic N) is 1. The van der Waals surface area contributed by atoms with Crippen molar-refractivity contribution in [3.63, 3.8) is 0 Å². The van der Waals surface area contributed by atoms with Crippen LogP contribution in [0.1, 0.15) is 13.3 Å². The van der Waals surface area contributed by atoms with Crippen molar-refractivity contribution in [1.29, 1.82) is 0 Å². The Kier molecular flexibility index (Phi) is 3.66. The molecule has 0 bridgehead atoms. The Hall–Kier alpha value is -1.58. The first-order chi connectivity index (χ1) is 7.04. The topological polar surface area (TPSA) is 32.3 Å². The molecule has 1 rings (SSSR count). The van der Waals surface area contributed by atoms with Crippen molar-refractivity contribution >= 4 is 17.3 Å². The van der Waals surface area contributed by atoms with Gasteiger partial charge in [-0.15, -0.1) is 0 Å². The Morgan fingerprint density at radius 3 is 2.60 bits per heavy atom. The number of hydrogen-bond acceptors (Lipinski definition) is 2. The number of nitrogens with one attached hydrogen (secondary N) is 1. The molecule has 0 aromatic heterocycles. The summed E-state index contributed by atoms with van der Waals surface area (Å²) in [6.07, 6.45) is 0.386. The van der Waals surface area contributed by atoms with Gasteiger partial charge in [0, 0.05) is 26.2 Å². The molecule has 3 nitrogen and oxygen atoms in total. The van der Waals surface area contributed by atoms with Gasteiger partial charge in [-0.1, -0.05) is 6.92 Å². The largest absolute Gasteiger partial charge is 0.375 e. The Bertz CT molecular complexity index is 364. The lowest BCUT2D eigenvalue weighted by Gasteiger charge is -2.14. The van der Waals surface area contributed by atoms with E-state index in [1.165, 1.54) is 6.07 Å². The molecule has 0 aliphatic rings.